The number of nitrogens with zero attached hydrogens (tertiary/aromatic N) is 1. The molecule has 0 radical (unpaired) electrons. The Hall–Kier alpha value is -0.540. The predicted molar refractivity (Wildman–Crippen MR) is 91.5 cm³/mol. The van der Waals surface area contributed by atoms with Crippen LogP contribution < -0.4 is 10.2 Å². The summed E-state index contributed by atoms with van der Waals surface area (Å²) in [4.78, 5) is 2.60. The monoisotopic (exact) mass is 338 g/mol. The second-order valence-electron chi connectivity index (χ2n) is 6.10. The largest absolute Gasteiger partial charge is 0.366 e. The van der Waals surface area contributed by atoms with Gasteiger partial charge >= 0.3 is 0 Å². The molecule has 3 unspecified atom stereocenters. The van der Waals surface area contributed by atoms with Crippen molar-refractivity contribution < 1.29 is 0 Å². The molecule has 1 aromatic rings. The first-order chi connectivity index (χ1) is 9.55. The number of hydrogen-bond acceptors (Lipinski definition) is 2. The van der Waals surface area contributed by atoms with Crippen LogP contribution in [0.25, 0.3) is 0 Å². The summed E-state index contributed by atoms with van der Waals surface area (Å²) in [5, 5.41) is 3.75. The van der Waals surface area contributed by atoms with Crippen molar-refractivity contribution in [1.29, 1.82) is 0 Å². The second kappa shape index (κ2) is 6.95. The Balaban J connectivity index is 2.24. The van der Waals surface area contributed by atoms with Gasteiger partial charge in [0.2, 0.25) is 0 Å². The lowest BCUT2D eigenvalue weighted by molar-refractivity contribution is 0.306. The zero-order valence-corrected chi connectivity index (χ0v) is 14.7. The van der Waals surface area contributed by atoms with Crippen LogP contribution in [0.4, 0.5) is 5.69 Å². The van der Waals surface area contributed by atoms with Crippen molar-refractivity contribution in [2.45, 2.75) is 52.6 Å². The van der Waals surface area contributed by atoms with Gasteiger partial charge in [-0.25, -0.2) is 0 Å². The zero-order valence-electron chi connectivity index (χ0n) is 13.1. The van der Waals surface area contributed by atoms with Crippen molar-refractivity contribution in [1.82, 2.24) is 5.32 Å². The lowest BCUT2D eigenvalue weighted by atomic mass is 9.94. The quantitative estimate of drug-likeness (QED) is 0.877. The van der Waals surface area contributed by atoms with E-state index in [4.69, 9.17) is 0 Å². The molecule has 1 saturated heterocycles. The molecule has 0 aliphatic carbocycles. The summed E-state index contributed by atoms with van der Waals surface area (Å²) in [5.41, 5.74) is 2.68. The molecule has 2 rings (SSSR count). The first kappa shape index (κ1) is 15.8. The van der Waals surface area contributed by atoms with E-state index in [0.29, 0.717) is 12.1 Å². The van der Waals surface area contributed by atoms with Crippen molar-refractivity contribution in [3.8, 4) is 0 Å². The third kappa shape index (κ3) is 3.56. The van der Waals surface area contributed by atoms with E-state index in [1.54, 1.807) is 0 Å². The molecule has 0 amide bonds. The molecule has 1 N–H and O–H groups in total. The van der Waals surface area contributed by atoms with Crippen molar-refractivity contribution in [2.75, 3.05) is 18.0 Å². The highest BCUT2D eigenvalue weighted by atomic mass is 79.9. The summed E-state index contributed by atoms with van der Waals surface area (Å²) in [6, 6.07) is 7.95. The average molecular weight is 339 g/mol. The molecule has 1 fully saturated rings. The standard InChI is InChI=1S/C17H27BrN2/c1-5-13(4)17-11-20(15(6-2)10-19-17)16-8-12(3)7-14(18)9-16/h7-9,13,15,17,19H,5-6,10-11H2,1-4H3. The topological polar surface area (TPSA) is 15.3 Å². The molecule has 20 heavy (non-hydrogen) atoms. The van der Waals surface area contributed by atoms with E-state index in [1.807, 2.05) is 0 Å². The maximum Gasteiger partial charge on any atom is 0.0412 e. The summed E-state index contributed by atoms with van der Waals surface area (Å²) in [7, 11) is 0. The molecule has 1 aromatic carbocycles. The fourth-order valence-corrected chi connectivity index (χ4v) is 3.65. The minimum absolute atomic E-state index is 0.599. The Morgan fingerprint density at radius 2 is 2.10 bits per heavy atom. The Morgan fingerprint density at radius 3 is 2.70 bits per heavy atom. The van der Waals surface area contributed by atoms with Crippen molar-refractivity contribution in [3.63, 3.8) is 0 Å². The van der Waals surface area contributed by atoms with E-state index in [-0.39, 0.29) is 0 Å². The van der Waals surface area contributed by atoms with Crippen LogP contribution in [0, 0.1) is 12.8 Å². The van der Waals surface area contributed by atoms with Gasteiger partial charge in [0.15, 0.2) is 0 Å². The van der Waals surface area contributed by atoms with Gasteiger partial charge in [-0.15, -0.1) is 0 Å². The molecule has 1 aliphatic rings. The summed E-state index contributed by atoms with van der Waals surface area (Å²) >= 11 is 3.64. The molecule has 1 heterocycles. The number of hydrogen-bond donors (Lipinski definition) is 1. The Bertz CT molecular complexity index is 426. The number of halogens is 1. The number of aryl methyl sites for hydroxylation is 1. The molecule has 3 heteroatoms. The second-order valence-corrected chi connectivity index (χ2v) is 7.02. The molecular weight excluding hydrogens is 312 g/mol. The van der Waals surface area contributed by atoms with Crippen molar-refractivity contribution in [2.24, 2.45) is 5.92 Å². The lowest BCUT2D eigenvalue weighted by Gasteiger charge is -2.43. The summed E-state index contributed by atoms with van der Waals surface area (Å²) in [5.74, 6) is 0.726. The maximum absolute atomic E-state index is 3.75. The molecule has 0 spiro atoms. The average Bonchev–Trinajstić information content (AvgIpc) is 2.44. The fourth-order valence-electron chi connectivity index (χ4n) is 3.05. The molecular formula is C17H27BrN2. The van der Waals surface area contributed by atoms with Gasteiger partial charge in [-0.1, -0.05) is 43.1 Å². The molecule has 112 valence electrons. The van der Waals surface area contributed by atoms with E-state index >= 15 is 0 Å². The highest BCUT2D eigenvalue weighted by Gasteiger charge is 2.29. The van der Waals surface area contributed by atoms with Crippen LogP contribution in [-0.4, -0.2) is 25.2 Å². The molecule has 3 atom stereocenters. The number of nitrogens with one attached hydrogen (secondary N) is 1. The van der Waals surface area contributed by atoms with Crippen molar-refractivity contribution >= 4 is 21.6 Å². The van der Waals surface area contributed by atoms with Crippen molar-refractivity contribution in [3.05, 3.63) is 28.2 Å². The molecule has 0 saturated carbocycles. The summed E-state index contributed by atoms with van der Waals surface area (Å²) in [6.07, 6.45) is 2.42. The molecule has 0 aromatic heterocycles. The van der Waals surface area contributed by atoms with Crippen LogP contribution in [0.2, 0.25) is 0 Å². The first-order valence-corrected chi connectivity index (χ1v) is 8.61. The fraction of sp³-hybridized carbons (Fsp3) is 0.647. The number of piperazine rings is 1. The van der Waals surface area contributed by atoms with Gasteiger partial charge in [0.25, 0.3) is 0 Å². The summed E-state index contributed by atoms with van der Waals surface area (Å²) < 4.78 is 1.18. The third-order valence-corrected chi connectivity index (χ3v) is 5.07. The third-order valence-electron chi connectivity index (χ3n) is 4.61. The van der Waals surface area contributed by atoms with E-state index in [2.05, 4.69) is 72.0 Å². The number of benzene rings is 1. The lowest BCUT2D eigenvalue weighted by Crippen LogP contribution is -2.58. The Labute approximate surface area is 132 Å². The van der Waals surface area contributed by atoms with Gasteiger partial charge in [-0.05, 0) is 43.0 Å². The van der Waals surface area contributed by atoms with E-state index < -0.39 is 0 Å². The number of anilines is 1. The van der Waals surface area contributed by atoms with Gasteiger partial charge in [0.1, 0.15) is 0 Å². The van der Waals surface area contributed by atoms with Crippen LogP contribution in [-0.2, 0) is 0 Å². The van der Waals surface area contributed by atoms with Gasteiger partial charge < -0.3 is 10.2 Å². The van der Waals surface area contributed by atoms with Crippen LogP contribution in [0.5, 0.6) is 0 Å². The molecule has 1 aliphatic heterocycles. The highest BCUT2D eigenvalue weighted by molar-refractivity contribution is 9.10. The zero-order chi connectivity index (χ0) is 14.7. The molecule has 2 nitrogen and oxygen atoms in total. The smallest absolute Gasteiger partial charge is 0.0412 e. The normalized spacial score (nSPS) is 24.8. The minimum Gasteiger partial charge on any atom is -0.366 e. The van der Waals surface area contributed by atoms with Crippen LogP contribution in [0.15, 0.2) is 22.7 Å². The summed E-state index contributed by atoms with van der Waals surface area (Å²) in [6.45, 7) is 11.3. The van der Waals surface area contributed by atoms with Gasteiger partial charge in [-0.3, -0.25) is 0 Å². The Kier molecular flexibility index (Phi) is 5.50. The van der Waals surface area contributed by atoms with Crippen LogP contribution >= 0.6 is 15.9 Å². The van der Waals surface area contributed by atoms with Gasteiger partial charge in [-0.2, -0.15) is 0 Å². The molecule has 0 bridgehead atoms. The van der Waals surface area contributed by atoms with Crippen LogP contribution in [0.1, 0.15) is 39.2 Å². The van der Waals surface area contributed by atoms with Gasteiger partial charge in [0, 0.05) is 35.3 Å². The highest BCUT2D eigenvalue weighted by Crippen LogP contribution is 2.28. The maximum atomic E-state index is 3.75. The Morgan fingerprint density at radius 1 is 1.35 bits per heavy atom. The van der Waals surface area contributed by atoms with E-state index in [1.165, 1.54) is 28.6 Å². The van der Waals surface area contributed by atoms with Gasteiger partial charge in [0.05, 0.1) is 0 Å². The predicted octanol–water partition coefficient (Wildman–Crippen LogP) is 4.36. The van der Waals surface area contributed by atoms with E-state index in [0.717, 1.165) is 19.0 Å². The SMILES string of the molecule is CCC(C)C1CN(c2cc(C)cc(Br)c2)C(CC)CN1. The first-order valence-electron chi connectivity index (χ1n) is 7.82. The van der Waals surface area contributed by atoms with E-state index in [9.17, 15) is 0 Å². The minimum atomic E-state index is 0.599. The number of rotatable bonds is 4. The van der Waals surface area contributed by atoms with Crippen LogP contribution in [0.3, 0.4) is 0 Å².